The highest BCUT2D eigenvalue weighted by Gasteiger charge is 2.15. The highest BCUT2D eigenvalue weighted by atomic mass is 35.5. The molecule has 4 heteroatoms. The summed E-state index contributed by atoms with van der Waals surface area (Å²) in [4.78, 5) is 0. The molecule has 0 aromatic heterocycles. The third-order valence-corrected chi connectivity index (χ3v) is 3.83. The lowest BCUT2D eigenvalue weighted by molar-refractivity contribution is 0.494. The fraction of sp³-hybridized carbons (Fsp3) is 0.250. The van der Waals surface area contributed by atoms with Crippen LogP contribution in [0.15, 0.2) is 30.3 Å². The molecule has 2 aromatic rings. The molecule has 0 aliphatic heterocycles. The topological polar surface area (TPSA) is 26.0 Å². The van der Waals surface area contributed by atoms with Crippen LogP contribution in [0.25, 0.3) is 0 Å². The van der Waals surface area contributed by atoms with E-state index in [0.29, 0.717) is 5.02 Å². The van der Waals surface area contributed by atoms with E-state index in [9.17, 15) is 8.78 Å². The predicted molar refractivity (Wildman–Crippen MR) is 77.9 cm³/mol. The lowest BCUT2D eigenvalue weighted by Crippen LogP contribution is -2.16. The number of hydrogen-bond donors (Lipinski definition) is 1. The molecule has 0 fully saturated rings. The Bertz CT molecular complexity index is 641. The molecular weight excluding hydrogens is 280 g/mol. The fourth-order valence-corrected chi connectivity index (χ4v) is 2.47. The van der Waals surface area contributed by atoms with Gasteiger partial charge in [-0.1, -0.05) is 29.8 Å². The van der Waals surface area contributed by atoms with Crippen LogP contribution in [0.2, 0.25) is 5.02 Å². The zero-order valence-corrected chi connectivity index (χ0v) is 12.1. The van der Waals surface area contributed by atoms with Crippen LogP contribution in [0.4, 0.5) is 8.78 Å². The van der Waals surface area contributed by atoms with Crippen molar-refractivity contribution >= 4 is 11.6 Å². The van der Waals surface area contributed by atoms with Crippen LogP contribution in [0.1, 0.15) is 28.3 Å². The first kappa shape index (κ1) is 14.9. The van der Waals surface area contributed by atoms with Crippen LogP contribution in [0.3, 0.4) is 0 Å². The van der Waals surface area contributed by atoms with Crippen LogP contribution in [0, 0.1) is 25.5 Å². The smallest absolute Gasteiger partial charge is 0.162 e. The standard InChI is InChI=1S/C16H16ClF2N/c1-9-7-13(17)10(2)6-12(9)15(20)8-11-4-3-5-14(18)16(11)19/h3-7,15H,8,20H2,1-2H3. The summed E-state index contributed by atoms with van der Waals surface area (Å²) in [5.74, 6) is -1.68. The van der Waals surface area contributed by atoms with Crippen molar-refractivity contribution in [1.82, 2.24) is 0 Å². The van der Waals surface area contributed by atoms with E-state index in [1.54, 1.807) is 6.07 Å². The maximum Gasteiger partial charge on any atom is 0.162 e. The van der Waals surface area contributed by atoms with Crippen LogP contribution < -0.4 is 5.73 Å². The molecule has 1 atom stereocenters. The molecule has 0 aliphatic carbocycles. The molecule has 1 unspecified atom stereocenters. The number of aryl methyl sites for hydroxylation is 2. The molecule has 0 saturated heterocycles. The third-order valence-electron chi connectivity index (χ3n) is 3.42. The Labute approximate surface area is 122 Å². The van der Waals surface area contributed by atoms with Crippen molar-refractivity contribution in [3.05, 3.63) is 69.2 Å². The summed E-state index contributed by atoms with van der Waals surface area (Å²) in [5, 5.41) is 0.676. The summed E-state index contributed by atoms with van der Waals surface area (Å²) in [6.45, 7) is 3.79. The van der Waals surface area contributed by atoms with Gasteiger partial charge >= 0.3 is 0 Å². The van der Waals surface area contributed by atoms with E-state index in [0.717, 1.165) is 22.8 Å². The Morgan fingerprint density at radius 2 is 1.85 bits per heavy atom. The van der Waals surface area contributed by atoms with Crippen LogP contribution in [-0.2, 0) is 6.42 Å². The molecular formula is C16H16ClF2N. The minimum absolute atomic E-state index is 0.242. The number of hydrogen-bond acceptors (Lipinski definition) is 1. The second-order valence-electron chi connectivity index (χ2n) is 4.98. The van der Waals surface area contributed by atoms with E-state index in [1.807, 2.05) is 26.0 Å². The van der Waals surface area contributed by atoms with Gasteiger partial charge in [-0.15, -0.1) is 0 Å². The SMILES string of the molecule is Cc1cc(C(N)Cc2cccc(F)c2F)c(C)cc1Cl. The van der Waals surface area contributed by atoms with Gasteiger partial charge in [-0.3, -0.25) is 0 Å². The zero-order valence-electron chi connectivity index (χ0n) is 11.4. The van der Waals surface area contributed by atoms with E-state index >= 15 is 0 Å². The molecule has 0 bridgehead atoms. The maximum atomic E-state index is 13.7. The van der Waals surface area contributed by atoms with Gasteiger partial charge in [0.1, 0.15) is 0 Å². The van der Waals surface area contributed by atoms with Crippen LogP contribution in [0.5, 0.6) is 0 Å². The lowest BCUT2D eigenvalue weighted by Gasteiger charge is -2.17. The predicted octanol–water partition coefficient (Wildman–Crippen LogP) is 4.48. The van der Waals surface area contributed by atoms with Gasteiger partial charge in [0.05, 0.1) is 0 Å². The second-order valence-corrected chi connectivity index (χ2v) is 5.39. The fourth-order valence-electron chi connectivity index (χ4n) is 2.26. The van der Waals surface area contributed by atoms with Crippen molar-refractivity contribution in [3.63, 3.8) is 0 Å². The largest absolute Gasteiger partial charge is 0.324 e. The Kier molecular flexibility index (Phi) is 4.41. The monoisotopic (exact) mass is 295 g/mol. The number of halogens is 3. The van der Waals surface area contributed by atoms with Crippen molar-refractivity contribution in [2.24, 2.45) is 5.73 Å². The molecule has 2 aromatic carbocycles. The number of nitrogens with two attached hydrogens (primary N) is 1. The quantitative estimate of drug-likeness (QED) is 0.888. The first-order chi connectivity index (χ1) is 9.40. The van der Waals surface area contributed by atoms with Crippen molar-refractivity contribution in [1.29, 1.82) is 0 Å². The summed E-state index contributed by atoms with van der Waals surface area (Å²) < 4.78 is 26.9. The molecule has 0 aliphatic rings. The molecule has 2 N–H and O–H groups in total. The van der Waals surface area contributed by atoms with E-state index in [2.05, 4.69) is 0 Å². The molecule has 20 heavy (non-hydrogen) atoms. The van der Waals surface area contributed by atoms with Gasteiger partial charge in [-0.25, -0.2) is 8.78 Å². The Morgan fingerprint density at radius 1 is 1.15 bits per heavy atom. The highest BCUT2D eigenvalue weighted by molar-refractivity contribution is 6.31. The molecule has 1 nitrogen and oxygen atoms in total. The highest BCUT2D eigenvalue weighted by Crippen LogP contribution is 2.26. The molecule has 0 amide bonds. The molecule has 0 saturated carbocycles. The summed E-state index contributed by atoms with van der Waals surface area (Å²) in [6.07, 6.45) is 0.242. The molecule has 2 rings (SSSR count). The van der Waals surface area contributed by atoms with Gasteiger partial charge in [-0.05, 0) is 54.7 Å². The Balaban J connectivity index is 2.31. The minimum atomic E-state index is -0.848. The normalized spacial score (nSPS) is 12.5. The van der Waals surface area contributed by atoms with Gasteiger partial charge < -0.3 is 5.73 Å². The minimum Gasteiger partial charge on any atom is -0.324 e. The van der Waals surface area contributed by atoms with E-state index in [1.165, 1.54) is 6.07 Å². The van der Waals surface area contributed by atoms with E-state index < -0.39 is 17.7 Å². The Morgan fingerprint density at radius 3 is 2.55 bits per heavy atom. The summed E-state index contributed by atoms with van der Waals surface area (Å²) in [7, 11) is 0. The van der Waals surface area contributed by atoms with Gasteiger partial charge in [-0.2, -0.15) is 0 Å². The molecule has 0 heterocycles. The number of rotatable bonds is 3. The third kappa shape index (κ3) is 3.00. The molecule has 0 spiro atoms. The molecule has 0 radical (unpaired) electrons. The lowest BCUT2D eigenvalue weighted by atomic mass is 9.94. The van der Waals surface area contributed by atoms with Gasteiger partial charge in [0.2, 0.25) is 0 Å². The summed E-state index contributed by atoms with van der Waals surface area (Å²) in [5.41, 5.74) is 9.18. The first-order valence-corrected chi connectivity index (χ1v) is 6.73. The van der Waals surface area contributed by atoms with E-state index in [-0.39, 0.29) is 12.0 Å². The van der Waals surface area contributed by atoms with Crippen molar-refractivity contribution < 1.29 is 8.78 Å². The maximum absolute atomic E-state index is 13.7. The average Bonchev–Trinajstić information content (AvgIpc) is 2.39. The van der Waals surface area contributed by atoms with Crippen molar-refractivity contribution in [3.8, 4) is 0 Å². The van der Waals surface area contributed by atoms with Crippen molar-refractivity contribution in [2.75, 3.05) is 0 Å². The molecule has 106 valence electrons. The first-order valence-electron chi connectivity index (χ1n) is 6.35. The Hall–Kier alpha value is -1.45. The van der Waals surface area contributed by atoms with Crippen molar-refractivity contribution in [2.45, 2.75) is 26.3 Å². The van der Waals surface area contributed by atoms with Crippen LogP contribution >= 0.6 is 11.6 Å². The van der Waals surface area contributed by atoms with Gasteiger partial charge in [0.15, 0.2) is 11.6 Å². The average molecular weight is 296 g/mol. The second kappa shape index (κ2) is 5.90. The van der Waals surface area contributed by atoms with Gasteiger partial charge in [0.25, 0.3) is 0 Å². The zero-order chi connectivity index (χ0) is 14.9. The number of benzene rings is 2. The summed E-state index contributed by atoms with van der Waals surface area (Å²) in [6, 6.07) is 7.48. The van der Waals surface area contributed by atoms with E-state index in [4.69, 9.17) is 17.3 Å². The van der Waals surface area contributed by atoms with Gasteiger partial charge in [0, 0.05) is 11.1 Å². The van der Waals surface area contributed by atoms with Crippen LogP contribution in [-0.4, -0.2) is 0 Å². The summed E-state index contributed by atoms with van der Waals surface area (Å²) >= 11 is 6.05.